The van der Waals surface area contributed by atoms with Crippen molar-refractivity contribution in [2.75, 3.05) is 13.7 Å². The highest BCUT2D eigenvalue weighted by Crippen LogP contribution is 2.36. The van der Waals surface area contributed by atoms with Crippen LogP contribution in [0, 0.1) is 11.6 Å². The van der Waals surface area contributed by atoms with Gasteiger partial charge in [0.1, 0.15) is 11.5 Å². The van der Waals surface area contributed by atoms with Gasteiger partial charge in [-0.05, 0) is 66.9 Å². The number of aromatic nitrogens is 3. The van der Waals surface area contributed by atoms with E-state index in [0.717, 1.165) is 18.4 Å². The number of carbonyl (C=O) groups excluding carboxylic acids is 1. The lowest BCUT2D eigenvalue weighted by Gasteiger charge is -2.25. The molecule has 4 aromatic rings. The molecule has 2 aromatic heterocycles. The molecule has 5 rings (SSSR count). The molecule has 0 aliphatic carbocycles. The minimum atomic E-state index is -0.545. The quantitative estimate of drug-likeness (QED) is 0.251. The Bertz CT molecular complexity index is 1420. The van der Waals surface area contributed by atoms with Crippen molar-refractivity contribution in [3.63, 3.8) is 0 Å². The fourth-order valence-corrected chi connectivity index (χ4v) is 5.83. The van der Waals surface area contributed by atoms with Crippen molar-refractivity contribution < 1.29 is 18.3 Å². The molecule has 10 heteroatoms. The maximum absolute atomic E-state index is 14.9. The SMILES string of the molecule is COc1ccc(Cl)c(CSc2ncc(C(=O)N3CCCC3c3ccncc3)n2-c2ccc(F)cc2)c1F. The van der Waals surface area contributed by atoms with E-state index < -0.39 is 11.6 Å². The van der Waals surface area contributed by atoms with E-state index in [-0.39, 0.29) is 34.0 Å². The molecular formula is C27H23ClF2N4O2S. The second kappa shape index (κ2) is 10.9. The van der Waals surface area contributed by atoms with Crippen LogP contribution in [0.1, 0.15) is 40.5 Å². The van der Waals surface area contributed by atoms with Gasteiger partial charge in [0.25, 0.3) is 5.91 Å². The number of hydrogen-bond acceptors (Lipinski definition) is 5. The first-order valence-corrected chi connectivity index (χ1v) is 13.0. The lowest BCUT2D eigenvalue weighted by Crippen LogP contribution is -2.32. The van der Waals surface area contributed by atoms with Gasteiger partial charge in [0.15, 0.2) is 16.7 Å². The third-order valence-electron chi connectivity index (χ3n) is 6.35. The number of hydrogen-bond donors (Lipinski definition) is 0. The molecule has 1 unspecified atom stereocenters. The Hall–Kier alpha value is -3.43. The summed E-state index contributed by atoms with van der Waals surface area (Å²) in [6, 6.07) is 12.6. The molecule has 1 fully saturated rings. The van der Waals surface area contributed by atoms with E-state index in [4.69, 9.17) is 16.3 Å². The molecule has 3 heterocycles. The van der Waals surface area contributed by atoms with E-state index in [1.165, 1.54) is 43.3 Å². The molecule has 6 nitrogen and oxygen atoms in total. The van der Waals surface area contributed by atoms with Crippen LogP contribution in [-0.2, 0) is 5.75 Å². The number of halogens is 3. The van der Waals surface area contributed by atoms with E-state index in [9.17, 15) is 13.6 Å². The molecule has 1 aliphatic rings. The van der Waals surface area contributed by atoms with Crippen LogP contribution < -0.4 is 4.74 Å². The number of rotatable bonds is 7. The van der Waals surface area contributed by atoms with E-state index in [1.54, 1.807) is 35.2 Å². The summed E-state index contributed by atoms with van der Waals surface area (Å²) >= 11 is 7.50. The Balaban J connectivity index is 1.50. The normalized spacial score (nSPS) is 15.2. The molecule has 0 saturated carbocycles. The Labute approximate surface area is 222 Å². The first-order chi connectivity index (χ1) is 18.0. The summed E-state index contributed by atoms with van der Waals surface area (Å²) in [5.74, 6) is -0.885. The minimum Gasteiger partial charge on any atom is -0.494 e. The smallest absolute Gasteiger partial charge is 0.273 e. The van der Waals surface area contributed by atoms with Crippen molar-refractivity contribution in [1.82, 2.24) is 19.4 Å². The number of benzene rings is 2. The van der Waals surface area contributed by atoms with Crippen molar-refractivity contribution in [1.29, 1.82) is 0 Å². The monoisotopic (exact) mass is 540 g/mol. The second-order valence-corrected chi connectivity index (χ2v) is 9.86. The predicted molar refractivity (Wildman–Crippen MR) is 138 cm³/mol. The number of likely N-dealkylation sites (tertiary alicyclic amines) is 1. The lowest BCUT2D eigenvalue weighted by atomic mass is 10.1. The largest absolute Gasteiger partial charge is 0.494 e. The number of methoxy groups -OCH3 is 1. The van der Waals surface area contributed by atoms with Crippen LogP contribution in [0.25, 0.3) is 5.69 Å². The fourth-order valence-electron chi connectivity index (χ4n) is 4.52. The summed E-state index contributed by atoms with van der Waals surface area (Å²) in [4.78, 5) is 24.3. The van der Waals surface area contributed by atoms with Gasteiger partial charge < -0.3 is 9.64 Å². The van der Waals surface area contributed by atoms with Gasteiger partial charge in [-0.2, -0.15) is 0 Å². The van der Waals surface area contributed by atoms with Crippen molar-refractivity contribution in [2.45, 2.75) is 29.8 Å². The van der Waals surface area contributed by atoms with Gasteiger partial charge in [-0.15, -0.1) is 0 Å². The molecule has 1 aliphatic heterocycles. The number of thioether (sulfide) groups is 1. The van der Waals surface area contributed by atoms with E-state index in [0.29, 0.717) is 23.1 Å². The van der Waals surface area contributed by atoms with Gasteiger partial charge in [-0.1, -0.05) is 23.4 Å². The van der Waals surface area contributed by atoms with E-state index in [1.807, 2.05) is 17.0 Å². The molecule has 0 N–H and O–H groups in total. The molecule has 190 valence electrons. The fraction of sp³-hybridized carbons (Fsp3) is 0.222. The highest BCUT2D eigenvalue weighted by molar-refractivity contribution is 7.98. The Kier molecular flexibility index (Phi) is 7.43. The zero-order chi connectivity index (χ0) is 25.9. The van der Waals surface area contributed by atoms with Crippen molar-refractivity contribution in [3.8, 4) is 11.4 Å². The number of pyridine rings is 1. The number of amides is 1. The van der Waals surface area contributed by atoms with Crippen LogP contribution in [0.3, 0.4) is 0 Å². The standard InChI is InChI=1S/C27H23ClF2N4O2S/c1-36-24-9-8-21(28)20(25(24)30)16-37-27-32-15-23(34(27)19-6-4-18(29)5-7-19)26(35)33-14-2-3-22(33)17-10-12-31-13-11-17/h4-13,15,22H,2-3,14,16H2,1H3. The molecule has 37 heavy (non-hydrogen) atoms. The second-order valence-electron chi connectivity index (χ2n) is 8.51. The van der Waals surface area contributed by atoms with Crippen LogP contribution >= 0.6 is 23.4 Å². The maximum atomic E-state index is 14.9. The van der Waals surface area contributed by atoms with Gasteiger partial charge in [0, 0.05) is 41.0 Å². The number of carbonyl (C=O) groups is 1. The van der Waals surface area contributed by atoms with E-state index >= 15 is 0 Å². The van der Waals surface area contributed by atoms with Crippen LogP contribution in [0.5, 0.6) is 5.75 Å². The summed E-state index contributed by atoms with van der Waals surface area (Å²) in [5, 5.41) is 0.715. The first kappa shape index (κ1) is 25.2. The average molecular weight is 541 g/mol. The predicted octanol–water partition coefficient (Wildman–Crippen LogP) is 6.48. The summed E-state index contributed by atoms with van der Waals surface area (Å²) in [5.41, 5.74) is 2.20. The van der Waals surface area contributed by atoms with Crippen molar-refractivity contribution >= 4 is 29.3 Å². The molecule has 0 bridgehead atoms. The number of ether oxygens (including phenoxy) is 1. The average Bonchev–Trinajstić information content (AvgIpc) is 3.57. The zero-order valence-corrected chi connectivity index (χ0v) is 21.5. The molecule has 0 spiro atoms. The maximum Gasteiger partial charge on any atom is 0.273 e. The zero-order valence-electron chi connectivity index (χ0n) is 19.9. The van der Waals surface area contributed by atoms with E-state index in [2.05, 4.69) is 9.97 Å². The van der Waals surface area contributed by atoms with Crippen LogP contribution in [0.4, 0.5) is 8.78 Å². The molecular weight excluding hydrogens is 518 g/mol. The number of nitrogens with zero attached hydrogens (tertiary/aromatic N) is 4. The first-order valence-electron chi connectivity index (χ1n) is 11.7. The minimum absolute atomic E-state index is 0.0761. The molecule has 1 amide bonds. The molecule has 1 atom stereocenters. The van der Waals surface area contributed by atoms with Gasteiger partial charge in [0.05, 0.1) is 19.3 Å². The molecule has 1 saturated heterocycles. The van der Waals surface area contributed by atoms with Crippen molar-refractivity contribution in [2.24, 2.45) is 0 Å². The Morgan fingerprint density at radius 1 is 1.14 bits per heavy atom. The third-order valence-corrected chi connectivity index (χ3v) is 7.69. The molecule has 2 aromatic carbocycles. The van der Waals surface area contributed by atoms with Crippen LogP contribution in [0.2, 0.25) is 5.02 Å². The van der Waals surface area contributed by atoms with Gasteiger partial charge in [-0.3, -0.25) is 14.3 Å². The van der Waals surface area contributed by atoms with Crippen molar-refractivity contribution in [3.05, 3.63) is 101 Å². The molecule has 0 radical (unpaired) electrons. The lowest BCUT2D eigenvalue weighted by molar-refractivity contribution is 0.0726. The number of imidazole rings is 1. The Morgan fingerprint density at radius 3 is 2.62 bits per heavy atom. The summed E-state index contributed by atoms with van der Waals surface area (Å²) in [6.07, 6.45) is 6.67. The van der Waals surface area contributed by atoms with Crippen LogP contribution in [0.15, 0.2) is 72.3 Å². The highest BCUT2D eigenvalue weighted by atomic mass is 35.5. The Morgan fingerprint density at radius 2 is 1.89 bits per heavy atom. The summed E-state index contributed by atoms with van der Waals surface area (Å²) < 4.78 is 35.4. The summed E-state index contributed by atoms with van der Waals surface area (Å²) in [7, 11) is 1.39. The highest BCUT2D eigenvalue weighted by Gasteiger charge is 2.33. The topological polar surface area (TPSA) is 60.2 Å². The van der Waals surface area contributed by atoms with Crippen LogP contribution in [-0.4, -0.2) is 39.0 Å². The van der Waals surface area contributed by atoms with Gasteiger partial charge in [0.2, 0.25) is 0 Å². The summed E-state index contributed by atoms with van der Waals surface area (Å²) in [6.45, 7) is 0.605. The third kappa shape index (κ3) is 5.06. The van der Waals surface area contributed by atoms with Gasteiger partial charge >= 0.3 is 0 Å². The van der Waals surface area contributed by atoms with Gasteiger partial charge in [-0.25, -0.2) is 13.8 Å².